The number of guanidine groups is 1. The van der Waals surface area contributed by atoms with Crippen molar-refractivity contribution in [3.8, 4) is 0 Å². The molecular formula is C23H38IN5. The van der Waals surface area contributed by atoms with Crippen LogP contribution in [-0.2, 0) is 6.54 Å². The van der Waals surface area contributed by atoms with Crippen LogP contribution in [0.4, 0.5) is 5.69 Å². The molecule has 0 amide bonds. The second-order valence-corrected chi connectivity index (χ2v) is 8.45. The van der Waals surface area contributed by atoms with Crippen molar-refractivity contribution in [3.05, 3.63) is 42.0 Å². The molecule has 0 unspecified atom stereocenters. The molecule has 1 aromatic rings. The third-order valence-corrected chi connectivity index (χ3v) is 5.78. The Kier molecular flexibility index (Phi) is 9.75. The third kappa shape index (κ3) is 7.17. The number of nitrogens with one attached hydrogen (secondary N) is 2. The number of anilines is 1. The maximum atomic E-state index is 4.81. The first-order valence-electron chi connectivity index (χ1n) is 10.8. The van der Waals surface area contributed by atoms with E-state index in [0.717, 1.165) is 32.1 Å². The van der Waals surface area contributed by atoms with Gasteiger partial charge in [0.05, 0.1) is 6.54 Å². The predicted molar refractivity (Wildman–Crippen MR) is 136 cm³/mol. The van der Waals surface area contributed by atoms with Crippen LogP contribution in [-0.4, -0.2) is 55.7 Å². The number of benzene rings is 1. The van der Waals surface area contributed by atoms with E-state index in [1.165, 1.54) is 43.6 Å². The zero-order valence-corrected chi connectivity index (χ0v) is 20.6. The van der Waals surface area contributed by atoms with Gasteiger partial charge in [-0.05, 0) is 64.4 Å². The van der Waals surface area contributed by atoms with Gasteiger partial charge in [-0.2, -0.15) is 0 Å². The Morgan fingerprint density at radius 2 is 1.66 bits per heavy atom. The van der Waals surface area contributed by atoms with E-state index in [1.807, 2.05) is 0 Å². The molecule has 3 rings (SSSR count). The SMILES string of the molecule is CCNC(=NCc1ccc(N2CC=CC2)cc1)NCC(C)(C)N1CCCCC1.I. The molecule has 162 valence electrons. The van der Waals surface area contributed by atoms with Crippen LogP contribution in [0.2, 0.25) is 0 Å². The molecule has 2 aliphatic rings. The maximum absolute atomic E-state index is 4.81. The van der Waals surface area contributed by atoms with Gasteiger partial charge >= 0.3 is 0 Å². The smallest absolute Gasteiger partial charge is 0.191 e. The van der Waals surface area contributed by atoms with Gasteiger partial charge < -0.3 is 15.5 Å². The van der Waals surface area contributed by atoms with Crippen LogP contribution in [0.3, 0.4) is 0 Å². The van der Waals surface area contributed by atoms with E-state index in [1.54, 1.807) is 0 Å². The van der Waals surface area contributed by atoms with Crippen molar-refractivity contribution in [2.24, 2.45) is 4.99 Å². The van der Waals surface area contributed by atoms with Gasteiger partial charge in [-0.25, -0.2) is 4.99 Å². The monoisotopic (exact) mass is 511 g/mol. The first-order chi connectivity index (χ1) is 13.6. The van der Waals surface area contributed by atoms with E-state index in [9.17, 15) is 0 Å². The Balaban J connectivity index is 0.00000300. The van der Waals surface area contributed by atoms with Gasteiger partial charge in [-0.3, -0.25) is 4.90 Å². The van der Waals surface area contributed by atoms with Gasteiger partial charge in [0, 0.05) is 37.4 Å². The number of nitrogens with zero attached hydrogens (tertiary/aromatic N) is 3. The lowest BCUT2D eigenvalue weighted by Crippen LogP contribution is -2.54. The number of piperidine rings is 1. The Hall–Kier alpha value is -1.28. The van der Waals surface area contributed by atoms with E-state index >= 15 is 0 Å². The van der Waals surface area contributed by atoms with Gasteiger partial charge in [-0.1, -0.05) is 30.7 Å². The molecule has 6 heteroatoms. The topological polar surface area (TPSA) is 42.9 Å². The average Bonchev–Trinajstić information content (AvgIpc) is 3.26. The highest BCUT2D eigenvalue weighted by molar-refractivity contribution is 14.0. The van der Waals surface area contributed by atoms with Gasteiger partial charge in [0.15, 0.2) is 5.96 Å². The van der Waals surface area contributed by atoms with Crippen molar-refractivity contribution in [1.82, 2.24) is 15.5 Å². The van der Waals surface area contributed by atoms with Crippen molar-refractivity contribution in [3.63, 3.8) is 0 Å². The number of rotatable bonds is 7. The summed E-state index contributed by atoms with van der Waals surface area (Å²) in [5.41, 5.74) is 2.66. The molecule has 1 fully saturated rings. The summed E-state index contributed by atoms with van der Waals surface area (Å²) in [4.78, 5) is 9.78. The van der Waals surface area contributed by atoms with E-state index in [4.69, 9.17) is 4.99 Å². The zero-order valence-electron chi connectivity index (χ0n) is 18.3. The molecule has 2 N–H and O–H groups in total. The molecule has 2 heterocycles. The fourth-order valence-corrected chi connectivity index (χ4v) is 3.92. The minimum absolute atomic E-state index is 0. The lowest BCUT2D eigenvalue weighted by atomic mass is 9.98. The summed E-state index contributed by atoms with van der Waals surface area (Å²) >= 11 is 0. The molecule has 0 aromatic heterocycles. The Morgan fingerprint density at radius 3 is 2.28 bits per heavy atom. The normalized spacial score (nSPS) is 17.9. The van der Waals surface area contributed by atoms with E-state index in [-0.39, 0.29) is 29.5 Å². The first kappa shape index (κ1) is 24.0. The summed E-state index contributed by atoms with van der Waals surface area (Å²) in [6, 6.07) is 8.80. The van der Waals surface area contributed by atoms with Crippen LogP contribution in [0.25, 0.3) is 0 Å². The fraction of sp³-hybridized carbons (Fsp3) is 0.609. The molecule has 0 radical (unpaired) electrons. The summed E-state index contributed by atoms with van der Waals surface area (Å²) in [5, 5.41) is 6.95. The first-order valence-corrected chi connectivity index (χ1v) is 10.8. The van der Waals surface area contributed by atoms with Crippen LogP contribution >= 0.6 is 24.0 Å². The summed E-state index contributed by atoms with van der Waals surface area (Å²) in [7, 11) is 0. The average molecular weight is 511 g/mol. The number of aliphatic imine (C=N–C) groups is 1. The highest BCUT2D eigenvalue weighted by Crippen LogP contribution is 2.20. The Labute approximate surface area is 194 Å². The number of hydrogen-bond acceptors (Lipinski definition) is 3. The predicted octanol–water partition coefficient (Wildman–Crippen LogP) is 4.00. The summed E-state index contributed by atoms with van der Waals surface area (Å²) in [5.74, 6) is 0.903. The van der Waals surface area contributed by atoms with Crippen LogP contribution < -0.4 is 15.5 Å². The molecule has 0 saturated carbocycles. The standard InChI is InChI=1S/C23H37N5.HI/c1-4-24-22(26-19-23(2,3)28-16-6-5-7-17-28)25-18-20-10-12-21(13-11-20)27-14-8-9-15-27;/h8-13H,4-7,14-19H2,1-3H3,(H2,24,25,26);1H. The van der Waals surface area contributed by atoms with Crippen molar-refractivity contribution in [1.29, 1.82) is 0 Å². The molecule has 0 atom stereocenters. The zero-order chi connectivity index (χ0) is 19.8. The Morgan fingerprint density at radius 1 is 1.00 bits per heavy atom. The highest BCUT2D eigenvalue weighted by atomic mass is 127. The fourth-order valence-electron chi connectivity index (χ4n) is 3.92. The van der Waals surface area contributed by atoms with Gasteiger partial charge in [0.1, 0.15) is 0 Å². The minimum Gasteiger partial charge on any atom is -0.364 e. The maximum Gasteiger partial charge on any atom is 0.191 e. The molecule has 0 aliphatic carbocycles. The second-order valence-electron chi connectivity index (χ2n) is 8.45. The quantitative estimate of drug-likeness (QED) is 0.252. The molecular weight excluding hydrogens is 473 g/mol. The van der Waals surface area contributed by atoms with E-state index in [2.05, 4.69) is 77.6 Å². The molecule has 5 nitrogen and oxygen atoms in total. The van der Waals surface area contributed by atoms with Gasteiger partial charge in [0.25, 0.3) is 0 Å². The third-order valence-electron chi connectivity index (χ3n) is 5.78. The van der Waals surface area contributed by atoms with Crippen LogP contribution in [0.5, 0.6) is 0 Å². The largest absolute Gasteiger partial charge is 0.364 e. The number of likely N-dealkylation sites (tertiary alicyclic amines) is 1. The molecule has 1 saturated heterocycles. The minimum atomic E-state index is 0. The second kappa shape index (κ2) is 11.8. The van der Waals surface area contributed by atoms with Gasteiger partial charge in [0.2, 0.25) is 0 Å². The van der Waals surface area contributed by atoms with Crippen LogP contribution in [0.1, 0.15) is 45.6 Å². The van der Waals surface area contributed by atoms with Crippen LogP contribution in [0, 0.1) is 0 Å². The Bertz CT molecular complexity index is 654. The van der Waals surface area contributed by atoms with Crippen molar-refractivity contribution in [2.75, 3.05) is 44.2 Å². The highest BCUT2D eigenvalue weighted by Gasteiger charge is 2.27. The number of halogens is 1. The molecule has 0 bridgehead atoms. The lowest BCUT2D eigenvalue weighted by Gasteiger charge is -2.41. The van der Waals surface area contributed by atoms with E-state index in [0.29, 0.717) is 6.54 Å². The lowest BCUT2D eigenvalue weighted by molar-refractivity contribution is 0.0982. The van der Waals surface area contributed by atoms with Crippen molar-refractivity contribution >= 4 is 35.6 Å². The molecule has 2 aliphatic heterocycles. The van der Waals surface area contributed by atoms with Crippen molar-refractivity contribution < 1.29 is 0 Å². The summed E-state index contributed by atoms with van der Waals surface area (Å²) in [6.45, 7) is 13.7. The van der Waals surface area contributed by atoms with Gasteiger partial charge in [-0.15, -0.1) is 24.0 Å². The summed E-state index contributed by atoms with van der Waals surface area (Å²) < 4.78 is 0. The molecule has 1 aromatic carbocycles. The van der Waals surface area contributed by atoms with Crippen LogP contribution in [0.15, 0.2) is 41.4 Å². The molecule has 0 spiro atoms. The number of hydrogen-bond donors (Lipinski definition) is 2. The van der Waals surface area contributed by atoms with E-state index < -0.39 is 0 Å². The van der Waals surface area contributed by atoms with Crippen molar-refractivity contribution in [2.45, 2.75) is 52.1 Å². The molecule has 29 heavy (non-hydrogen) atoms. The summed E-state index contributed by atoms with van der Waals surface area (Å²) in [6.07, 6.45) is 8.45.